The third-order valence-electron chi connectivity index (χ3n) is 2.47. The van der Waals surface area contributed by atoms with E-state index >= 15 is 0 Å². The van der Waals surface area contributed by atoms with Gasteiger partial charge in [-0.2, -0.15) is 0 Å². The van der Waals surface area contributed by atoms with E-state index in [1.54, 1.807) is 0 Å². The van der Waals surface area contributed by atoms with E-state index in [1.165, 1.54) is 0 Å². The van der Waals surface area contributed by atoms with Gasteiger partial charge in [0, 0.05) is 10.5 Å². The molecule has 0 amide bonds. The zero-order valence-electron chi connectivity index (χ0n) is 6.01. The quantitative estimate of drug-likeness (QED) is 0.525. The van der Waals surface area contributed by atoms with E-state index in [-0.39, 0.29) is 4.75 Å². The van der Waals surface area contributed by atoms with Crippen molar-refractivity contribution in [1.29, 1.82) is 0 Å². The first-order chi connectivity index (χ1) is 5.06. The average molecular weight is 287 g/mol. The number of alkyl halides is 1. The highest BCUT2D eigenvalue weighted by atomic mass is 127. The Balaban J connectivity index is 2.28. The van der Waals surface area contributed by atoms with Crippen LogP contribution in [0.15, 0.2) is 0 Å². The lowest BCUT2D eigenvalue weighted by Crippen LogP contribution is -2.46. The number of sulfonamides is 1. The zero-order chi connectivity index (χ0) is 8.11. The van der Waals surface area contributed by atoms with Crippen molar-refractivity contribution in [3.8, 4) is 0 Å². The average Bonchev–Trinajstić information content (AvgIpc) is 2.63. The molecule has 0 aromatic rings. The van der Waals surface area contributed by atoms with E-state index in [0.29, 0.717) is 10.5 Å². The van der Waals surface area contributed by atoms with E-state index in [4.69, 9.17) is 0 Å². The summed E-state index contributed by atoms with van der Waals surface area (Å²) >= 11 is 2.31. The Morgan fingerprint density at radius 2 is 2.09 bits per heavy atom. The SMILES string of the molecule is O=S1(=O)NCC(I)CC12CC2. The molecule has 0 radical (unpaired) electrons. The molecule has 2 aliphatic rings. The van der Waals surface area contributed by atoms with E-state index in [0.717, 1.165) is 19.3 Å². The molecule has 2 rings (SSSR count). The van der Waals surface area contributed by atoms with E-state index in [1.807, 2.05) is 0 Å². The summed E-state index contributed by atoms with van der Waals surface area (Å²) in [6.45, 7) is 0.616. The second-order valence-corrected chi connectivity index (χ2v) is 7.26. The molecule has 1 saturated heterocycles. The molecule has 0 aromatic heterocycles. The third-order valence-corrected chi connectivity index (χ3v) is 5.61. The van der Waals surface area contributed by atoms with Crippen LogP contribution in [0, 0.1) is 0 Å². The molecular weight excluding hydrogens is 277 g/mol. The fourth-order valence-corrected chi connectivity index (χ4v) is 5.00. The summed E-state index contributed by atoms with van der Waals surface area (Å²) in [7, 11) is -2.94. The molecule has 1 spiro atoms. The van der Waals surface area contributed by atoms with Gasteiger partial charge in [-0.05, 0) is 19.3 Å². The summed E-state index contributed by atoms with van der Waals surface area (Å²) in [5.74, 6) is 0. The van der Waals surface area contributed by atoms with Crippen LogP contribution in [0.3, 0.4) is 0 Å². The Morgan fingerprint density at radius 1 is 1.45 bits per heavy atom. The largest absolute Gasteiger partial charge is 0.217 e. The van der Waals surface area contributed by atoms with Gasteiger partial charge in [-0.15, -0.1) is 0 Å². The van der Waals surface area contributed by atoms with Crippen molar-refractivity contribution in [2.45, 2.75) is 27.9 Å². The van der Waals surface area contributed by atoms with E-state index in [2.05, 4.69) is 27.3 Å². The third kappa shape index (κ3) is 1.21. The Bertz CT molecular complexity index is 270. The van der Waals surface area contributed by atoms with Crippen LogP contribution < -0.4 is 4.72 Å². The van der Waals surface area contributed by atoms with Gasteiger partial charge in [0.05, 0.1) is 4.75 Å². The molecule has 64 valence electrons. The van der Waals surface area contributed by atoms with Crippen LogP contribution >= 0.6 is 22.6 Å². The first-order valence-electron chi connectivity index (χ1n) is 3.69. The molecule has 1 aliphatic carbocycles. The van der Waals surface area contributed by atoms with Crippen molar-refractivity contribution in [2.75, 3.05) is 6.54 Å². The van der Waals surface area contributed by atoms with Crippen LogP contribution in [0.25, 0.3) is 0 Å². The minimum absolute atomic E-state index is 0.350. The Kier molecular flexibility index (Phi) is 1.74. The smallest absolute Gasteiger partial charge is 0.214 e. The highest BCUT2D eigenvalue weighted by molar-refractivity contribution is 14.1. The number of rotatable bonds is 0. The van der Waals surface area contributed by atoms with Crippen molar-refractivity contribution in [1.82, 2.24) is 4.72 Å². The molecule has 1 unspecified atom stereocenters. The van der Waals surface area contributed by atoms with Crippen molar-refractivity contribution in [2.24, 2.45) is 0 Å². The maximum atomic E-state index is 11.4. The van der Waals surface area contributed by atoms with Crippen molar-refractivity contribution in [3.05, 3.63) is 0 Å². The summed E-state index contributed by atoms with van der Waals surface area (Å²) in [5.41, 5.74) is 0. The van der Waals surface area contributed by atoms with Gasteiger partial charge in [-0.1, -0.05) is 22.6 Å². The lowest BCUT2D eigenvalue weighted by molar-refractivity contribution is 0.530. The molecule has 1 N–H and O–H groups in total. The Morgan fingerprint density at radius 3 is 2.55 bits per heavy atom. The predicted octanol–water partition coefficient (Wildman–Crippen LogP) is 0.646. The summed E-state index contributed by atoms with van der Waals surface area (Å²) < 4.78 is 25.6. The van der Waals surface area contributed by atoms with Crippen LogP contribution in [0.2, 0.25) is 0 Å². The van der Waals surface area contributed by atoms with Gasteiger partial charge in [-0.25, -0.2) is 13.1 Å². The van der Waals surface area contributed by atoms with Crippen molar-refractivity contribution < 1.29 is 8.42 Å². The van der Waals surface area contributed by atoms with Crippen LogP contribution in [-0.4, -0.2) is 23.6 Å². The van der Waals surface area contributed by atoms with Crippen LogP contribution in [0.1, 0.15) is 19.3 Å². The highest BCUT2D eigenvalue weighted by Crippen LogP contribution is 2.49. The van der Waals surface area contributed by atoms with Gasteiger partial charge in [0.15, 0.2) is 0 Å². The molecule has 0 aromatic carbocycles. The molecule has 2 fully saturated rings. The molecule has 3 nitrogen and oxygen atoms in total. The van der Waals surface area contributed by atoms with Crippen LogP contribution in [0.4, 0.5) is 0 Å². The van der Waals surface area contributed by atoms with Gasteiger partial charge in [0.25, 0.3) is 0 Å². The minimum Gasteiger partial charge on any atom is -0.214 e. The van der Waals surface area contributed by atoms with Gasteiger partial charge < -0.3 is 0 Å². The molecule has 1 aliphatic heterocycles. The summed E-state index contributed by atoms with van der Waals surface area (Å²) in [4.78, 5) is 0. The number of hydrogen-bond donors (Lipinski definition) is 1. The van der Waals surface area contributed by atoms with Crippen molar-refractivity contribution >= 4 is 32.6 Å². The van der Waals surface area contributed by atoms with Gasteiger partial charge >= 0.3 is 0 Å². The number of nitrogens with one attached hydrogen (secondary N) is 1. The normalized spacial score (nSPS) is 38.8. The molecule has 0 bridgehead atoms. The maximum Gasteiger partial charge on any atom is 0.217 e. The minimum atomic E-state index is -2.94. The highest BCUT2D eigenvalue weighted by Gasteiger charge is 2.57. The fraction of sp³-hybridized carbons (Fsp3) is 1.00. The second-order valence-electron chi connectivity index (χ2n) is 3.34. The topological polar surface area (TPSA) is 46.2 Å². The second kappa shape index (κ2) is 2.32. The molecule has 11 heavy (non-hydrogen) atoms. The first-order valence-corrected chi connectivity index (χ1v) is 6.42. The molecule has 5 heteroatoms. The number of halogens is 1. The van der Waals surface area contributed by atoms with E-state index in [9.17, 15) is 8.42 Å². The lowest BCUT2D eigenvalue weighted by atomic mass is 10.2. The fourth-order valence-electron chi connectivity index (χ4n) is 1.55. The summed E-state index contributed by atoms with van der Waals surface area (Å²) in [6, 6.07) is 0. The maximum absolute atomic E-state index is 11.4. The molecular formula is C6H10INO2S. The molecule has 1 heterocycles. The molecule has 1 atom stereocenters. The van der Waals surface area contributed by atoms with Crippen molar-refractivity contribution in [3.63, 3.8) is 0 Å². The van der Waals surface area contributed by atoms with E-state index < -0.39 is 10.0 Å². The monoisotopic (exact) mass is 287 g/mol. The van der Waals surface area contributed by atoms with Gasteiger partial charge in [0.1, 0.15) is 0 Å². The molecule has 1 saturated carbocycles. The van der Waals surface area contributed by atoms with Gasteiger partial charge in [0.2, 0.25) is 10.0 Å². The zero-order valence-corrected chi connectivity index (χ0v) is 8.98. The Labute approximate surface area is 80.1 Å². The number of hydrogen-bond acceptors (Lipinski definition) is 2. The summed E-state index contributed by atoms with van der Waals surface area (Å²) in [6.07, 6.45) is 2.58. The summed E-state index contributed by atoms with van der Waals surface area (Å²) in [5, 5.41) is 0. The van der Waals surface area contributed by atoms with Gasteiger partial charge in [-0.3, -0.25) is 0 Å². The van der Waals surface area contributed by atoms with Crippen LogP contribution in [-0.2, 0) is 10.0 Å². The predicted molar refractivity (Wildman–Crippen MR) is 51.3 cm³/mol. The Hall–Kier alpha value is 0.640. The lowest BCUT2D eigenvalue weighted by Gasteiger charge is -2.26. The standard InChI is InChI=1S/C6H10INO2S/c7-5-3-6(1-2-6)11(9,10)8-4-5/h5,8H,1-4H2. The van der Waals surface area contributed by atoms with Crippen LogP contribution in [0.5, 0.6) is 0 Å². The first kappa shape index (κ1) is 8.25.